The van der Waals surface area contributed by atoms with Crippen molar-refractivity contribution in [1.29, 1.82) is 0 Å². The normalized spacial score (nSPS) is 53.4. The highest BCUT2D eigenvalue weighted by Gasteiger charge is 2.38. The number of nitrogens with two attached hydrogens (primary N) is 1. The molecule has 0 spiro atoms. The van der Waals surface area contributed by atoms with Gasteiger partial charge in [-0.25, -0.2) is 0 Å². The van der Waals surface area contributed by atoms with Crippen molar-refractivity contribution in [3.05, 3.63) is 0 Å². The Kier molecular flexibility index (Phi) is 1.31. The van der Waals surface area contributed by atoms with Crippen molar-refractivity contribution >= 4 is 0 Å². The minimum Gasteiger partial charge on any atom is -0.325 e. The summed E-state index contributed by atoms with van der Waals surface area (Å²) in [5.41, 5.74) is 6.28. The fourth-order valence-corrected chi connectivity index (χ4v) is 2.95. The molecule has 2 bridgehead atoms. The molecule has 1 heteroatoms. The van der Waals surface area contributed by atoms with Gasteiger partial charge in [0.1, 0.15) is 0 Å². The van der Waals surface area contributed by atoms with Gasteiger partial charge in [0.05, 0.1) is 0 Å². The maximum absolute atomic E-state index is 6.10. The molecule has 0 aliphatic heterocycles. The Bertz CT molecular complexity index is 126. The first-order chi connectivity index (χ1) is 4.66. The summed E-state index contributed by atoms with van der Waals surface area (Å²) < 4.78 is 0. The van der Waals surface area contributed by atoms with Gasteiger partial charge in [-0.3, -0.25) is 0 Å². The van der Waals surface area contributed by atoms with Crippen LogP contribution in [-0.4, -0.2) is 5.54 Å². The summed E-state index contributed by atoms with van der Waals surface area (Å²) in [6, 6.07) is 0. The van der Waals surface area contributed by atoms with Crippen molar-refractivity contribution in [3.63, 3.8) is 0 Å². The van der Waals surface area contributed by atoms with Crippen LogP contribution in [0.25, 0.3) is 0 Å². The van der Waals surface area contributed by atoms with Crippen LogP contribution in [0, 0.1) is 11.8 Å². The number of rotatable bonds is 0. The van der Waals surface area contributed by atoms with E-state index in [9.17, 15) is 0 Å². The van der Waals surface area contributed by atoms with E-state index in [2.05, 4.69) is 6.92 Å². The molecule has 2 N–H and O–H groups in total. The van der Waals surface area contributed by atoms with E-state index in [1.807, 2.05) is 0 Å². The van der Waals surface area contributed by atoms with Crippen LogP contribution in [0.15, 0.2) is 0 Å². The third kappa shape index (κ3) is 1.07. The van der Waals surface area contributed by atoms with E-state index in [0.717, 1.165) is 11.8 Å². The van der Waals surface area contributed by atoms with Crippen molar-refractivity contribution in [1.82, 2.24) is 0 Å². The van der Waals surface area contributed by atoms with Crippen LogP contribution >= 0.6 is 0 Å². The third-order valence-corrected chi connectivity index (χ3v) is 3.16. The third-order valence-electron chi connectivity index (χ3n) is 3.16. The van der Waals surface area contributed by atoms with Gasteiger partial charge in [-0.2, -0.15) is 0 Å². The zero-order chi connectivity index (χ0) is 7.19. The van der Waals surface area contributed by atoms with E-state index in [-0.39, 0.29) is 5.54 Å². The minimum absolute atomic E-state index is 0.185. The predicted molar refractivity (Wildman–Crippen MR) is 42.7 cm³/mol. The van der Waals surface area contributed by atoms with Gasteiger partial charge in [0.2, 0.25) is 0 Å². The fraction of sp³-hybridized carbons (Fsp3) is 1.00. The highest BCUT2D eigenvalue weighted by molar-refractivity contribution is 4.94. The SMILES string of the molecule is CC1(N)CC2CCC(C2)C1. The molecule has 2 unspecified atom stereocenters. The van der Waals surface area contributed by atoms with E-state index in [1.54, 1.807) is 0 Å². The first-order valence-corrected chi connectivity index (χ1v) is 4.45. The van der Waals surface area contributed by atoms with Gasteiger partial charge in [0.25, 0.3) is 0 Å². The van der Waals surface area contributed by atoms with E-state index >= 15 is 0 Å². The van der Waals surface area contributed by atoms with E-state index in [0.29, 0.717) is 0 Å². The Labute approximate surface area is 63.0 Å². The molecule has 0 radical (unpaired) electrons. The average Bonchev–Trinajstić information content (AvgIpc) is 2.08. The Morgan fingerprint density at radius 1 is 1.20 bits per heavy atom. The maximum Gasteiger partial charge on any atom is 0.0131 e. The molecule has 2 aliphatic rings. The van der Waals surface area contributed by atoms with Crippen molar-refractivity contribution in [2.24, 2.45) is 17.6 Å². The van der Waals surface area contributed by atoms with Crippen LogP contribution in [0.5, 0.6) is 0 Å². The maximum atomic E-state index is 6.10. The summed E-state index contributed by atoms with van der Waals surface area (Å²) in [5, 5.41) is 0. The zero-order valence-electron chi connectivity index (χ0n) is 6.77. The molecule has 1 nitrogen and oxygen atoms in total. The summed E-state index contributed by atoms with van der Waals surface area (Å²) in [7, 11) is 0. The largest absolute Gasteiger partial charge is 0.325 e. The monoisotopic (exact) mass is 139 g/mol. The number of hydrogen-bond donors (Lipinski definition) is 1. The van der Waals surface area contributed by atoms with Gasteiger partial charge in [-0.1, -0.05) is 12.8 Å². The summed E-state index contributed by atoms with van der Waals surface area (Å²) in [6.45, 7) is 2.22. The van der Waals surface area contributed by atoms with Gasteiger partial charge in [0.15, 0.2) is 0 Å². The van der Waals surface area contributed by atoms with Crippen molar-refractivity contribution in [3.8, 4) is 0 Å². The highest BCUT2D eigenvalue weighted by Crippen LogP contribution is 2.45. The first-order valence-electron chi connectivity index (χ1n) is 4.45. The second-order valence-corrected chi connectivity index (χ2v) is 4.61. The number of fused-ring (bicyclic) bond motifs is 2. The molecule has 2 saturated carbocycles. The van der Waals surface area contributed by atoms with Crippen LogP contribution < -0.4 is 5.73 Å². The lowest BCUT2D eigenvalue weighted by Crippen LogP contribution is -2.41. The average molecular weight is 139 g/mol. The molecule has 0 heterocycles. The molecule has 0 aromatic heterocycles. The van der Waals surface area contributed by atoms with Gasteiger partial charge in [-0.15, -0.1) is 0 Å². The smallest absolute Gasteiger partial charge is 0.0131 e. The van der Waals surface area contributed by atoms with E-state index in [1.165, 1.54) is 32.1 Å². The molecule has 2 aliphatic carbocycles. The minimum atomic E-state index is 0.185. The molecule has 0 aromatic rings. The van der Waals surface area contributed by atoms with Crippen molar-refractivity contribution in [2.45, 2.75) is 44.6 Å². The lowest BCUT2D eigenvalue weighted by atomic mass is 9.77. The van der Waals surface area contributed by atoms with Gasteiger partial charge in [0, 0.05) is 5.54 Å². The summed E-state index contributed by atoms with van der Waals surface area (Å²) in [5.74, 6) is 1.96. The van der Waals surface area contributed by atoms with Crippen LogP contribution in [0.2, 0.25) is 0 Å². The van der Waals surface area contributed by atoms with Crippen LogP contribution in [0.4, 0.5) is 0 Å². The van der Waals surface area contributed by atoms with Crippen molar-refractivity contribution < 1.29 is 0 Å². The zero-order valence-corrected chi connectivity index (χ0v) is 6.77. The quantitative estimate of drug-likeness (QED) is 0.545. The molecule has 2 atom stereocenters. The summed E-state index contributed by atoms with van der Waals surface area (Å²) in [4.78, 5) is 0. The Balaban J connectivity index is 2.09. The van der Waals surface area contributed by atoms with Gasteiger partial charge >= 0.3 is 0 Å². The highest BCUT2D eigenvalue weighted by atomic mass is 14.7. The lowest BCUT2D eigenvalue weighted by Gasteiger charge is -2.34. The molecule has 10 heavy (non-hydrogen) atoms. The van der Waals surface area contributed by atoms with E-state index in [4.69, 9.17) is 5.73 Å². The fourth-order valence-electron chi connectivity index (χ4n) is 2.95. The molecule has 0 saturated heterocycles. The summed E-state index contributed by atoms with van der Waals surface area (Å²) in [6.07, 6.45) is 6.95. The second-order valence-electron chi connectivity index (χ2n) is 4.61. The van der Waals surface area contributed by atoms with Gasteiger partial charge in [-0.05, 0) is 38.0 Å². The second kappa shape index (κ2) is 1.97. The van der Waals surface area contributed by atoms with Crippen LogP contribution in [-0.2, 0) is 0 Å². The van der Waals surface area contributed by atoms with Crippen molar-refractivity contribution in [2.75, 3.05) is 0 Å². The topological polar surface area (TPSA) is 26.0 Å². The molecule has 58 valence electrons. The number of hydrogen-bond acceptors (Lipinski definition) is 1. The lowest BCUT2D eigenvalue weighted by molar-refractivity contribution is 0.236. The Morgan fingerprint density at radius 3 is 2.20 bits per heavy atom. The predicted octanol–water partition coefficient (Wildman–Crippen LogP) is 1.91. The summed E-state index contributed by atoms with van der Waals surface area (Å²) >= 11 is 0. The first kappa shape index (κ1) is 6.66. The van der Waals surface area contributed by atoms with Crippen LogP contribution in [0.1, 0.15) is 39.0 Å². The molecular formula is C9H17N. The van der Waals surface area contributed by atoms with E-state index < -0.39 is 0 Å². The molecule has 2 fully saturated rings. The molecular weight excluding hydrogens is 122 g/mol. The van der Waals surface area contributed by atoms with Crippen LogP contribution in [0.3, 0.4) is 0 Å². The Hall–Kier alpha value is -0.0400. The standard InChI is InChI=1S/C9H17N/c1-9(10)5-7-2-3-8(4-7)6-9/h7-8H,2-6,10H2,1H3. The molecule has 0 aromatic carbocycles. The van der Waals surface area contributed by atoms with Gasteiger partial charge < -0.3 is 5.73 Å². The molecule has 0 amide bonds. The Morgan fingerprint density at radius 2 is 1.70 bits per heavy atom. The molecule has 2 rings (SSSR count).